The average Bonchev–Trinajstić information content (AvgIpc) is 3.24. The first-order valence-electron chi connectivity index (χ1n) is 9.83. The number of benzene rings is 2. The van der Waals surface area contributed by atoms with E-state index >= 15 is 0 Å². The van der Waals surface area contributed by atoms with Crippen LogP contribution in [0.25, 0.3) is 10.9 Å². The Labute approximate surface area is 175 Å². The molecule has 0 saturated heterocycles. The molecule has 0 unspecified atom stereocenters. The second-order valence-electron chi connectivity index (χ2n) is 7.36. The summed E-state index contributed by atoms with van der Waals surface area (Å²) in [4.78, 5) is 20.6. The standard InChI is InChI=1S/C24H25N3OS/c1-17-23(29-18(2)25-17)24(28)27(14-13-19-9-5-4-6-10-19)16-21-15-20-11-7-8-12-22(20)26(21)3/h4-12,15H,13-14,16H2,1-3H3. The lowest BCUT2D eigenvalue weighted by Gasteiger charge is -2.23. The normalized spacial score (nSPS) is 11.1. The summed E-state index contributed by atoms with van der Waals surface area (Å²) in [5.41, 5.74) is 4.37. The van der Waals surface area contributed by atoms with E-state index in [9.17, 15) is 4.79 Å². The first kappa shape index (κ1) is 19.4. The van der Waals surface area contributed by atoms with Gasteiger partial charge in [-0.1, -0.05) is 48.5 Å². The van der Waals surface area contributed by atoms with Crippen LogP contribution < -0.4 is 0 Å². The molecule has 0 saturated carbocycles. The van der Waals surface area contributed by atoms with Crippen molar-refractivity contribution < 1.29 is 4.79 Å². The van der Waals surface area contributed by atoms with Crippen LogP contribution >= 0.6 is 11.3 Å². The molecule has 4 nitrogen and oxygen atoms in total. The molecule has 0 aliphatic carbocycles. The molecular formula is C24H25N3OS. The summed E-state index contributed by atoms with van der Waals surface area (Å²) >= 11 is 1.48. The molecule has 148 valence electrons. The predicted octanol–water partition coefficient (Wildman–Crippen LogP) is 5.14. The monoisotopic (exact) mass is 403 g/mol. The van der Waals surface area contributed by atoms with Crippen molar-refractivity contribution in [2.75, 3.05) is 6.54 Å². The maximum Gasteiger partial charge on any atom is 0.266 e. The highest BCUT2D eigenvalue weighted by Crippen LogP contribution is 2.23. The maximum absolute atomic E-state index is 13.4. The molecule has 0 radical (unpaired) electrons. The van der Waals surface area contributed by atoms with E-state index in [4.69, 9.17) is 0 Å². The second kappa shape index (κ2) is 8.21. The summed E-state index contributed by atoms with van der Waals surface area (Å²) in [5.74, 6) is 0.0642. The Balaban J connectivity index is 1.64. The van der Waals surface area contributed by atoms with Gasteiger partial charge < -0.3 is 9.47 Å². The summed E-state index contributed by atoms with van der Waals surface area (Å²) in [6.45, 7) is 5.11. The second-order valence-corrected chi connectivity index (χ2v) is 8.57. The maximum atomic E-state index is 13.4. The van der Waals surface area contributed by atoms with Crippen molar-refractivity contribution in [2.45, 2.75) is 26.8 Å². The largest absolute Gasteiger partial charge is 0.346 e. The highest BCUT2D eigenvalue weighted by atomic mass is 32.1. The summed E-state index contributed by atoms with van der Waals surface area (Å²) in [5, 5.41) is 2.13. The van der Waals surface area contributed by atoms with Crippen molar-refractivity contribution in [3.05, 3.63) is 87.5 Å². The summed E-state index contributed by atoms with van der Waals surface area (Å²) < 4.78 is 2.18. The molecule has 4 rings (SSSR count). The number of aryl methyl sites for hydroxylation is 3. The van der Waals surface area contributed by atoms with E-state index in [1.807, 2.05) is 49.1 Å². The molecule has 4 aromatic rings. The number of hydrogen-bond donors (Lipinski definition) is 0. The minimum atomic E-state index is 0.0642. The number of rotatable bonds is 6. The van der Waals surface area contributed by atoms with Gasteiger partial charge in [0.2, 0.25) is 0 Å². The molecule has 29 heavy (non-hydrogen) atoms. The number of fused-ring (bicyclic) bond motifs is 1. The average molecular weight is 404 g/mol. The van der Waals surface area contributed by atoms with E-state index in [1.54, 1.807) is 0 Å². The number of carbonyl (C=O) groups is 1. The molecule has 0 bridgehead atoms. The van der Waals surface area contributed by atoms with Crippen LogP contribution in [0.2, 0.25) is 0 Å². The van der Waals surface area contributed by atoms with Gasteiger partial charge in [-0.05, 0) is 43.4 Å². The number of nitrogens with zero attached hydrogens (tertiary/aromatic N) is 3. The lowest BCUT2D eigenvalue weighted by Crippen LogP contribution is -2.33. The van der Waals surface area contributed by atoms with Crippen LogP contribution in [0.15, 0.2) is 60.7 Å². The van der Waals surface area contributed by atoms with Crippen molar-refractivity contribution in [3.8, 4) is 0 Å². The van der Waals surface area contributed by atoms with E-state index in [2.05, 4.69) is 46.9 Å². The van der Waals surface area contributed by atoms with Crippen LogP contribution in [0, 0.1) is 13.8 Å². The van der Waals surface area contributed by atoms with E-state index in [-0.39, 0.29) is 5.91 Å². The van der Waals surface area contributed by atoms with Gasteiger partial charge in [-0.2, -0.15) is 0 Å². The fourth-order valence-corrected chi connectivity index (χ4v) is 4.62. The van der Waals surface area contributed by atoms with Gasteiger partial charge in [-0.15, -0.1) is 11.3 Å². The van der Waals surface area contributed by atoms with Gasteiger partial charge in [0, 0.05) is 24.8 Å². The lowest BCUT2D eigenvalue weighted by atomic mass is 10.1. The van der Waals surface area contributed by atoms with E-state index in [0.29, 0.717) is 13.1 Å². The zero-order chi connectivity index (χ0) is 20.4. The Hall–Kier alpha value is -2.92. The van der Waals surface area contributed by atoms with Crippen LogP contribution in [0.4, 0.5) is 0 Å². The molecule has 5 heteroatoms. The Morgan fingerprint density at radius 1 is 1.07 bits per heavy atom. The van der Waals surface area contributed by atoms with Crippen LogP contribution in [-0.2, 0) is 20.0 Å². The summed E-state index contributed by atoms with van der Waals surface area (Å²) in [6, 6.07) is 20.8. The van der Waals surface area contributed by atoms with Gasteiger partial charge in [0.1, 0.15) is 4.88 Å². The van der Waals surface area contributed by atoms with Crippen molar-refractivity contribution in [3.63, 3.8) is 0 Å². The van der Waals surface area contributed by atoms with E-state index < -0.39 is 0 Å². The molecule has 0 fully saturated rings. The van der Waals surface area contributed by atoms with Gasteiger partial charge >= 0.3 is 0 Å². The smallest absolute Gasteiger partial charge is 0.266 e. The van der Waals surface area contributed by atoms with Crippen LogP contribution in [0.1, 0.15) is 31.6 Å². The Kier molecular flexibility index (Phi) is 5.49. The molecule has 0 atom stereocenters. The van der Waals surface area contributed by atoms with E-state index in [0.717, 1.165) is 27.7 Å². The summed E-state index contributed by atoms with van der Waals surface area (Å²) in [6.07, 6.45) is 0.827. The van der Waals surface area contributed by atoms with Crippen LogP contribution in [-0.4, -0.2) is 26.9 Å². The summed E-state index contributed by atoms with van der Waals surface area (Å²) in [7, 11) is 2.07. The Morgan fingerprint density at radius 3 is 2.48 bits per heavy atom. The highest BCUT2D eigenvalue weighted by Gasteiger charge is 2.22. The number of thiazole rings is 1. The fourth-order valence-electron chi connectivity index (χ4n) is 3.73. The Bertz CT molecular complexity index is 1140. The first-order valence-corrected chi connectivity index (χ1v) is 10.6. The number of aromatic nitrogens is 2. The van der Waals surface area contributed by atoms with Crippen LogP contribution in [0.5, 0.6) is 0 Å². The topological polar surface area (TPSA) is 38.1 Å². The van der Waals surface area contributed by atoms with Crippen molar-refractivity contribution in [1.82, 2.24) is 14.5 Å². The zero-order valence-electron chi connectivity index (χ0n) is 17.1. The molecule has 1 amide bonds. The lowest BCUT2D eigenvalue weighted by molar-refractivity contribution is 0.0746. The minimum Gasteiger partial charge on any atom is -0.346 e. The molecule has 2 aromatic carbocycles. The van der Waals surface area contributed by atoms with Crippen molar-refractivity contribution in [2.24, 2.45) is 7.05 Å². The predicted molar refractivity (Wildman–Crippen MR) is 119 cm³/mol. The van der Waals surface area contributed by atoms with Gasteiger partial charge in [-0.3, -0.25) is 4.79 Å². The molecule has 0 aliphatic rings. The van der Waals surface area contributed by atoms with Gasteiger partial charge in [0.05, 0.1) is 17.2 Å². The third kappa shape index (κ3) is 4.10. The number of hydrogen-bond acceptors (Lipinski definition) is 3. The Morgan fingerprint density at radius 2 is 1.79 bits per heavy atom. The number of para-hydroxylation sites is 1. The highest BCUT2D eigenvalue weighted by molar-refractivity contribution is 7.13. The van der Waals surface area contributed by atoms with Crippen molar-refractivity contribution >= 4 is 28.1 Å². The quantitative estimate of drug-likeness (QED) is 0.447. The van der Waals surface area contributed by atoms with Gasteiger partial charge in [0.25, 0.3) is 5.91 Å². The number of amides is 1. The molecule has 0 aliphatic heterocycles. The number of carbonyl (C=O) groups excluding carboxylic acids is 1. The fraction of sp³-hybridized carbons (Fsp3) is 0.250. The van der Waals surface area contributed by atoms with E-state index in [1.165, 1.54) is 27.8 Å². The van der Waals surface area contributed by atoms with Crippen LogP contribution in [0.3, 0.4) is 0 Å². The van der Waals surface area contributed by atoms with Crippen molar-refractivity contribution in [1.29, 1.82) is 0 Å². The molecular weight excluding hydrogens is 378 g/mol. The zero-order valence-corrected chi connectivity index (χ0v) is 17.9. The minimum absolute atomic E-state index is 0.0642. The molecule has 2 heterocycles. The third-order valence-electron chi connectivity index (χ3n) is 5.30. The SMILES string of the molecule is Cc1nc(C)c(C(=O)N(CCc2ccccc2)Cc2cc3ccccc3n2C)s1. The molecule has 0 spiro atoms. The van der Waals surface area contributed by atoms with Gasteiger partial charge in [0.15, 0.2) is 0 Å². The van der Waals surface area contributed by atoms with Gasteiger partial charge in [-0.25, -0.2) is 4.98 Å². The molecule has 2 aromatic heterocycles. The third-order valence-corrected chi connectivity index (χ3v) is 6.36. The first-order chi connectivity index (χ1) is 14.0. The molecule has 0 N–H and O–H groups in total.